The molecule has 6 rings (SSSR count). The molecule has 152 valence electrons. The summed E-state index contributed by atoms with van der Waals surface area (Å²) < 4.78 is 1.71. The smallest absolute Gasteiger partial charge is 0.177 e. The van der Waals surface area contributed by atoms with Gasteiger partial charge in [-0.3, -0.25) is 0 Å². The first-order valence-corrected chi connectivity index (χ1v) is 10.3. The van der Waals surface area contributed by atoms with Crippen LogP contribution in [0.4, 0.5) is 11.6 Å². The molecule has 0 amide bonds. The highest BCUT2D eigenvalue weighted by Gasteiger charge is 2.22. The molecule has 1 fully saturated rings. The van der Waals surface area contributed by atoms with Crippen LogP contribution in [0.15, 0.2) is 73.1 Å². The van der Waals surface area contributed by atoms with Gasteiger partial charge in [-0.05, 0) is 24.3 Å². The largest absolute Gasteiger partial charge is 0.352 e. The summed E-state index contributed by atoms with van der Waals surface area (Å²) >= 11 is 0. The minimum Gasteiger partial charge on any atom is -0.352 e. The van der Waals surface area contributed by atoms with Crippen LogP contribution in [0.2, 0.25) is 0 Å². The minimum atomic E-state index is 0.753. The summed E-state index contributed by atoms with van der Waals surface area (Å²) in [6, 6.07) is 22.4. The van der Waals surface area contributed by atoms with Crippen molar-refractivity contribution in [1.29, 1.82) is 0 Å². The number of rotatable bonds is 3. The lowest BCUT2D eigenvalue weighted by molar-refractivity contribution is 0.637. The average Bonchev–Trinajstić information content (AvgIpc) is 3.32. The molecule has 0 spiro atoms. The van der Waals surface area contributed by atoms with Gasteiger partial charge in [0.15, 0.2) is 11.5 Å². The van der Waals surface area contributed by atoms with Crippen molar-refractivity contribution >= 4 is 28.2 Å². The normalized spacial score (nSPS) is 14.5. The summed E-state index contributed by atoms with van der Waals surface area (Å²) in [5, 5.41) is 13.7. The van der Waals surface area contributed by atoms with E-state index in [0.717, 1.165) is 65.8 Å². The zero-order valence-electron chi connectivity index (χ0n) is 16.8. The van der Waals surface area contributed by atoms with Gasteiger partial charge in [-0.1, -0.05) is 42.5 Å². The van der Waals surface area contributed by atoms with E-state index >= 15 is 0 Å². The Labute approximate surface area is 178 Å². The number of fused-ring (bicyclic) bond motifs is 2. The molecule has 4 heterocycles. The number of anilines is 2. The summed E-state index contributed by atoms with van der Waals surface area (Å²) in [7, 11) is 0. The van der Waals surface area contributed by atoms with Gasteiger partial charge in [0.2, 0.25) is 0 Å². The monoisotopic (exact) mass is 408 g/mol. The van der Waals surface area contributed by atoms with Gasteiger partial charge in [-0.15, -0.1) is 15.3 Å². The summed E-state index contributed by atoms with van der Waals surface area (Å²) in [4.78, 5) is 14.4. The second kappa shape index (κ2) is 7.32. The molecule has 1 saturated heterocycles. The Morgan fingerprint density at radius 3 is 2.35 bits per heavy atom. The van der Waals surface area contributed by atoms with Crippen LogP contribution in [0.3, 0.4) is 0 Å². The summed E-state index contributed by atoms with van der Waals surface area (Å²) in [6.07, 6.45) is 1.63. The lowest BCUT2D eigenvalue weighted by atomic mass is 10.1. The summed E-state index contributed by atoms with van der Waals surface area (Å²) in [5.41, 5.74) is 2.75. The maximum atomic E-state index is 4.99. The van der Waals surface area contributed by atoms with Gasteiger partial charge in [-0.25, -0.2) is 9.97 Å². The van der Waals surface area contributed by atoms with Crippen LogP contribution in [-0.2, 0) is 0 Å². The van der Waals surface area contributed by atoms with E-state index in [2.05, 4.69) is 49.4 Å². The molecule has 0 atom stereocenters. The van der Waals surface area contributed by atoms with Crippen LogP contribution < -0.4 is 9.80 Å². The topological polar surface area (TPSA) is 75.3 Å². The molecule has 1 aliphatic heterocycles. The third-order valence-corrected chi connectivity index (χ3v) is 5.67. The van der Waals surface area contributed by atoms with Crippen LogP contribution in [0, 0.1) is 0 Å². The Kier molecular flexibility index (Phi) is 4.19. The van der Waals surface area contributed by atoms with Gasteiger partial charge < -0.3 is 9.80 Å². The third kappa shape index (κ3) is 3.22. The van der Waals surface area contributed by atoms with Crippen LogP contribution >= 0.6 is 0 Å². The summed E-state index contributed by atoms with van der Waals surface area (Å²) in [6.45, 7) is 3.44. The Bertz CT molecular complexity index is 1360. The fraction of sp³-hybridized carbons (Fsp3) is 0.174. The van der Waals surface area contributed by atoms with E-state index in [0.29, 0.717) is 0 Å². The maximum Gasteiger partial charge on any atom is 0.177 e. The first-order chi connectivity index (χ1) is 15.3. The number of nitrogens with zero attached hydrogens (tertiary/aromatic N) is 8. The van der Waals surface area contributed by atoms with E-state index in [1.807, 2.05) is 42.5 Å². The van der Waals surface area contributed by atoms with Crippen LogP contribution in [-0.4, -0.2) is 56.0 Å². The quantitative estimate of drug-likeness (QED) is 0.454. The average molecular weight is 408 g/mol. The van der Waals surface area contributed by atoms with Crippen molar-refractivity contribution in [3.8, 4) is 11.4 Å². The summed E-state index contributed by atoms with van der Waals surface area (Å²) in [5.74, 6) is 2.69. The van der Waals surface area contributed by atoms with Crippen molar-refractivity contribution in [2.75, 3.05) is 36.0 Å². The lowest BCUT2D eigenvalue weighted by Crippen LogP contribution is -2.47. The van der Waals surface area contributed by atoms with E-state index in [-0.39, 0.29) is 0 Å². The highest BCUT2D eigenvalue weighted by atomic mass is 15.4. The molecular formula is C23H20N8. The number of aromatic nitrogens is 6. The molecule has 2 aromatic carbocycles. The van der Waals surface area contributed by atoms with Gasteiger partial charge in [0.1, 0.15) is 18.0 Å². The van der Waals surface area contributed by atoms with Crippen molar-refractivity contribution in [2.45, 2.75) is 0 Å². The van der Waals surface area contributed by atoms with E-state index in [9.17, 15) is 0 Å². The Morgan fingerprint density at radius 2 is 1.48 bits per heavy atom. The first-order valence-electron chi connectivity index (χ1n) is 10.3. The van der Waals surface area contributed by atoms with Crippen LogP contribution in [0.1, 0.15) is 0 Å². The van der Waals surface area contributed by atoms with Crippen molar-refractivity contribution in [2.24, 2.45) is 0 Å². The Hall–Kier alpha value is -4.07. The zero-order chi connectivity index (χ0) is 20.6. The van der Waals surface area contributed by atoms with Gasteiger partial charge in [-0.2, -0.15) is 4.52 Å². The minimum absolute atomic E-state index is 0.753. The maximum absolute atomic E-state index is 4.99. The molecule has 0 radical (unpaired) electrons. The molecule has 31 heavy (non-hydrogen) atoms. The van der Waals surface area contributed by atoms with Crippen molar-refractivity contribution < 1.29 is 0 Å². The predicted molar refractivity (Wildman–Crippen MR) is 120 cm³/mol. The molecule has 0 saturated carbocycles. The zero-order valence-corrected chi connectivity index (χ0v) is 16.8. The van der Waals surface area contributed by atoms with E-state index < -0.39 is 0 Å². The van der Waals surface area contributed by atoms with E-state index in [4.69, 9.17) is 9.97 Å². The number of piperazine rings is 1. The van der Waals surface area contributed by atoms with Gasteiger partial charge in [0.05, 0.1) is 5.52 Å². The van der Waals surface area contributed by atoms with Gasteiger partial charge in [0.25, 0.3) is 0 Å². The highest BCUT2D eigenvalue weighted by Crippen LogP contribution is 2.28. The molecule has 3 aromatic heterocycles. The number of hydrogen-bond acceptors (Lipinski definition) is 7. The molecule has 0 aliphatic carbocycles. The fourth-order valence-corrected chi connectivity index (χ4v) is 4.05. The Morgan fingerprint density at radius 1 is 0.710 bits per heavy atom. The van der Waals surface area contributed by atoms with Crippen LogP contribution in [0.5, 0.6) is 0 Å². The molecule has 0 unspecified atom stereocenters. The molecular weight excluding hydrogens is 388 g/mol. The SMILES string of the molecule is c1ccc(-c2nc(N3CCN(c4ccc5nncn5n4)CC3)c3ccccc3n2)cc1. The standard InChI is InChI=1S/C23H20N8/c1-2-6-17(7-3-1)22-25-19-9-5-4-8-18(19)23(26-22)30-14-12-29(13-15-30)21-11-10-20-27-24-16-31(20)28-21/h1-11,16H,12-15H2. The van der Waals surface area contributed by atoms with Gasteiger partial charge in [0, 0.05) is 37.1 Å². The lowest BCUT2D eigenvalue weighted by Gasteiger charge is -2.36. The fourth-order valence-electron chi connectivity index (χ4n) is 4.05. The van der Waals surface area contributed by atoms with E-state index in [1.54, 1.807) is 10.8 Å². The number of hydrogen-bond donors (Lipinski definition) is 0. The second-order valence-electron chi connectivity index (χ2n) is 7.55. The molecule has 0 bridgehead atoms. The molecule has 5 aromatic rings. The molecule has 0 N–H and O–H groups in total. The third-order valence-electron chi connectivity index (χ3n) is 5.67. The predicted octanol–water partition coefficient (Wildman–Crippen LogP) is 3.06. The van der Waals surface area contributed by atoms with Crippen molar-refractivity contribution in [1.82, 2.24) is 29.8 Å². The number of para-hydroxylation sites is 1. The molecule has 1 aliphatic rings. The van der Waals surface area contributed by atoms with E-state index in [1.165, 1.54) is 0 Å². The van der Waals surface area contributed by atoms with Crippen molar-refractivity contribution in [3.63, 3.8) is 0 Å². The molecule has 8 heteroatoms. The second-order valence-corrected chi connectivity index (χ2v) is 7.55. The van der Waals surface area contributed by atoms with Gasteiger partial charge >= 0.3 is 0 Å². The van der Waals surface area contributed by atoms with Crippen LogP contribution in [0.25, 0.3) is 27.9 Å². The number of benzene rings is 2. The highest BCUT2D eigenvalue weighted by molar-refractivity contribution is 5.91. The Balaban J connectivity index is 1.31. The first kappa shape index (κ1) is 17.8. The molecule has 8 nitrogen and oxygen atoms in total. The van der Waals surface area contributed by atoms with Crippen molar-refractivity contribution in [3.05, 3.63) is 73.1 Å².